The van der Waals surface area contributed by atoms with E-state index >= 15 is 0 Å². The first kappa shape index (κ1) is 22.1. The molecular formula is C23H26FN5O2. The van der Waals surface area contributed by atoms with Crippen LogP contribution in [0.25, 0.3) is 6.08 Å². The van der Waals surface area contributed by atoms with E-state index in [0.29, 0.717) is 41.3 Å². The molecule has 0 radical (unpaired) electrons. The van der Waals surface area contributed by atoms with Gasteiger partial charge in [-0.1, -0.05) is 19.9 Å². The number of carbonyl (C=O) groups is 2. The van der Waals surface area contributed by atoms with Crippen LogP contribution in [0.2, 0.25) is 0 Å². The number of aromatic nitrogens is 1. The van der Waals surface area contributed by atoms with Gasteiger partial charge >= 0.3 is 0 Å². The van der Waals surface area contributed by atoms with E-state index in [1.807, 2.05) is 18.7 Å². The van der Waals surface area contributed by atoms with Crippen molar-refractivity contribution in [2.24, 2.45) is 10.7 Å². The highest BCUT2D eigenvalue weighted by Crippen LogP contribution is 2.28. The van der Waals surface area contributed by atoms with Crippen molar-refractivity contribution < 1.29 is 14.0 Å². The number of rotatable bonds is 7. The number of hydrogen-bond acceptors (Lipinski definition) is 5. The summed E-state index contributed by atoms with van der Waals surface area (Å²) in [5.74, 6) is -0.710. The largest absolute Gasteiger partial charge is 0.387 e. The molecule has 0 saturated heterocycles. The summed E-state index contributed by atoms with van der Waals surface area (Å²) in [5.41, 5.74) is 8.45. The maximum Gasteiger partial charge on any atom is 0.255 e. The molecular weight excluding hydrogens is 397 g/mol. The van der Waals surface area contributed by atoms with Crippen molar-refractivity contribution in [3.8, 4) is 0 Å². The molecule has 8 heteroatoms. The molecule has 0 bridgehead atoms. The predicted molar refractivity (Wildman–Crippen MR) is 120 cm³/mol. The minimum atomic E-state index is -0.542. The van der Waals surface area contributed by atoms with Gasteiger partial charge in [0.05, 0.1) is 23.8 Å². The average Bonchev–Trinajstić information content (AvgIpc) is 2.90. The Hall–Kier alpha value is -3.55. The van der Waals surface area contributed by atoms with Crippen molar-refractivity contribution in [2.45, 2.75) is 33.1 Å². The molecule has 1 aliphatic heterocycles. The second-order valence-corrected chi connectivity index (χ2v) is 7.36. The normalized spacial score (nSPS) is 12.9. The number of carbonyl (C=O) groups excluding carboxylic acids is 2. The molecule has 0 fully saturated rings. The van der Waals surface area contributed by atoms with E-state index in [9.17, 15) is 14.0 Å². The SMILES string of the molecule is CCCN(CCC)C(=O)C1=Cc2ccc(C(=O)Nc3cncc(F)c3)cc2N=C(N)C1. The second kappa shape index (κ2) is 9.97. The number of nitrogens with zero attached hydrogens (tertiary/aromatic N) is 3. The Kier molecular flexibility index (Phi) is 7.12. The highest BCUT2D eigenvalue weighted by atomic mass is 19.1. The van der Waals surface area contributed by atoms with Crippen LogP contribution >= 0.6 is 0 Å². The van der Waals surface area contributed by atoms with Gasteiger partial charge < -0.3 is 16.0 Å². The van der Waals surface area contributed by atoms with E-state index in [4.69, 9.17) is 5.73 Å². The number of fused-ring (bicyclic) bond motifs is 1. The molecule has 2 amide bonds. The van der Waals surface area contributed by atoms with Crippen molar-refractivity contribution in [3.05, 3.63) is 59.2 Å². The van der Waals surface area contributed by atoms with Gasteiger partial charge in [0.25, 0.3) is 5.91 Å². The summed E-state index contributed by atoms with van der Waals surface area (Å²) >= 11 is 0. The van der Waals surface area contributed by atoms with Crippen LogP contribution in [0, 0.1) is 5.82 Å². The number of halogens is 1. The monoisotopic (exact) mass is 423 g/mol. The molecule has 3 N–H and O–H groups in total. The number of aliphatic imine (C=N–C) groups is 1. The first-order valence-electron chi connectivity index (χ1n) is 10.3. The molecule has 0 saturated carbocycles. The second-order valence-electron chi connectivity index (χ2n) is 7.36. The zero-order valence-corrected chi connectivity index (χ0v) is 17.7. The fourth-order valence-electron chi connectivity index (χ4n) is 3.41. The maximum absolute atomic E-state index is 13.3. The lowest BCUT2D eigenvalue weighted by Gasteiger charge is -2.22. The lowest BCUT2D eigenvalue weighted by molar-refractivity contribution is -0.127. The molecule has 0 spiro atoms. The van der Waals surface area contributed by atoms with Crippen molar-refractivity contribution in [1.82, 2.24) is 9.88 Å². The number of anilines is 1. The number of amidine groups is 1. The Morgan fingerprint density at radius 2 is 1.90 bits per heavy atom. The molecule has 1 aromatic carbocycles. The first-order chi connectivity index (χ1) is 14.9. The van der Waals surface area contributed by atoms with E-state index < -0.39 is 11.7 Å². The smallest absolute Gasteiger partial charge is 0.255 e. The van der Waals surface area contributed by atoms with Gasteiger partial charge in [-0.05, 0) is 31.1 Å². The van der Waals surface area contributed by atoms with E-state index in [2.05, 4.69) is 15.3 Å². The molecule has 1 aliphatic rings. The topological polar surface area (TPSA) is 101 Å². The Balaban J connectivity index is 1.87. The van der Waals surface area contributed by atoms with Crippen molar-refractivity contribution in [3.63, 3.8) is 0 Å². The number of benzene rings is 1. The third-order valence-electron chi connectivity index (χ3n) is 4.77. The average molecular weight is 423 g/mol. The quantitative estimate of drug-likeness (QED) is 0.705. The van der Waals surface area contributed by atoms with Gasteiger partial charge in [-0.2, -0.15) is 0 Å². The van der Waals surface area contributed by atoms with Gasteiger partial charge in [-0.3, -0.25) is 14.6 Å². The molecule has 162 valence electrons. The number of nitrogens with two attached hydrogens (primary N) is 1. The first-order valence-corrected chi connectivity index (χ1v) is 10.3. The zero-order chi connectivity index (χ0) is 22.4. The summed E-state index contributed by atoms with van der Waals surface area (Å²) in [7, 11) is 0. The Morgan fingerprint density at radius 1 is 1.16 bits per heavy atom. The maximum atomic E-state index is 13.3. The zero-order valence-electron chi connectivity index (χ0n) is 17.7. The van der Waals surface area contributed by atoms with Crippen molar-refractivity contribution in [1.29, 1.82) is 0 Å². The number of pyridine rings is 1. The van der Waals surface area contributed by atoms with Crippen LogP contribution < -0.4 is 11.1 Å². The fourth-order valence-corrected chi connectivity index (χ4v) is 3.41. The van der Waals surface area contributed by atoms with E-state index in [0.717, 1.165) is 19.0 Å². The highest BCUT2D eigenvalue weighted by Gasteiger charge is 2.21. The van der Waals surface area contributed by atoms with Crippen LogP contribution in [0.5, 0.6) is 0 Å². The van der Waals surface area contributed by atoms with Crippen LogP contribution in [-0.4, -0.2) is 40.6 Å². The van der Waals surface area contributed by atoms with Gasteiger partial charge in [0.15, 0.2) is 0 Å². The molecule has 0 unspecified atom stereocenters. The van der Waals surface area contributed by atoms with E-state index in [1.165, 1.54) is 12.3 Å². The van der Waals surface area contributed by atoms with Crippen LogP contribution in [0.4, 0.5) is 15.8 Å². The molecule has 0 aliphatic carbocycles. The standard InChI is InChI=1S/C23H26FN5O2/c1-3-7-29(8-4-2)23(31)17-9-15-5-6-16(10-20(15)28-21(25)11-17)22(30)27-19-12-18(24)13-26-14-19/h5-6,9-10,12-14H,3-4,7-8,11H2,1-2H3,(H2,25,28)(H,27,30). The van der Waals surface area contributed by atoms with Crippen LogP contribution in [-0.2, 0) is 4.79 Å². The van der Waals surface area contributed by atoms with Gasteiger partial charge in [0, 0.05) is 42.3 Å². The third-order valence-corrected chi connectivity index (χ3v) is 4.77. The molecule has 2 heterocycles. The fraction of sp³-hybridized carbons (Fsp3) is 0.304. The third kappa shape index (κ3) is 5.53. The van der Waals surface area contributed by atoms with Crippen molar-refractivity contribution in [2.75, 3.05) is 18.4 Å². The summed E-state index contributed by atoms with van der Waals surface area (Å²) in [4.78, 5) is 35.6. The summed E-state index contributed by atoms with van der Waals surface area (Å²) in [6.45, 7) is 5.44. The summed E-state index contributed by atoms with van der Waals surface area (Å²) < 4.78 is 13.3. The van der Waals surface area contributed by atoms with Crippen LogP contribution in [0.1, 0.15) is 49.0 Å². The van der Waals surface area contributed by atoms with E-state index in [-0.39, 0.29) is 18.0 Å². The Labute approximate surface area is 180 Å². The Bertz CT molecular complexity index is 1040. The molecule has 7 nitrogen and oxygen atoms in total. The van der Waals surface area contributed by atoms with Gasteiger partial charge in [-0.15, -0.1) is 0 Å². The van der Waals surface area contributed by atoms with Gasteiger partial charge in [0.2, 0.25) is 5.91 Å². The van der Waals surface area contributed by atoms with Gasteiger partial charge in [0.1, 0.15) is 11.7 Å². The molecule has 1 aromatic heterocycles. The molecule has 31 heavy (non-hydrogen) atoms. The van der Waals surface area contributed by atoms with E-state index in [1.54, 1.807) is 24.3 Å². The number of hydrogen-bond donors (Lipinski definition) is 2. The lowest BCUT2D eigenvalue weighted by atomic mass is 10.0. The Morgan fingerprint density at radius 3 is 2.58 bits per heavy atom. The van der Waals surface area contributed by atoms with Crippen LogP contribution in [0.15, 0.2) is 47.2 Å². The highest BCUT2D eigenvalue weighted by molar-refractivity contribution is 6.07. The summed E-state index contributed by atoms with van der Waals surface area (Å²) in [6, 6.07) is 6.15. The van der Waals surface area contributed by atoms with Gasteiger partial charge in [-0.25, -0.2) is 9.38 Å². The summed E-state index contributed by atoms with van der Waals surface area (Å²) in [5, 5.41) is 2.61. The minimum Gasteiger partial charge on any atom is -0.387 e. The minimum absolute atomic E-state index is 0.0462. The van der Waals surface area contributed by atoms with Crippen molar-refractivity contribution >= 4 is 35.1 Å². The lowest BCUT2D eigenvalue weighted by Crippen LogP contribution is -2.34. The number of amides is 2. The number of nitrogens with one attached hydrogen (secondary N) is 1. The van der Waals surface area contributed by atoms with Crippen LogP contribution in [0.3, 0.4) is 0 Å². The predicted octanol–water partition coefficient (Wildman–Crippen LogP) is 3.90. The molecule has 0 atom stereocenters. The molecule has 3 rings (SSSR count). The summed E-state index contributed by atoms with van der Waals surface area (Å²) in [6.07, 6.45) is 6.20. The molecule has 2 aromatic rings.